The van der Waals surface area contributed by atoms with Crippen LogP contribution in [0.3, 0.4) is 0 Å². The zero-order valence-electron chi connectivity index (χ0n) is 16.4. The number of ether oxygens (including phenoxy) is 1. The average Bonchev–Trinajstić information content (AvgIpc) is 3.25. The number of carboxylic acids is 1. The van der Waals surface area contributed by atoms with Crippen molar-refractivity contribution in [1.29, 1.82) is 0 Å². The Hall–Kier alpha value is -3.71. The molecule has 4 aromatic rings. The van der Waals surface area contributed by atoms with Crippen LogP contribution in [0.1, 0.15) is 16.7 Å². The highest BCUT2D eigenvalue weighted by Gasteiger charge is 2.18. The van der Waals surface area contributed by atoms with Crippen LogP contribution in [0.2, 0.25) is 0 Å². The maximum absolute atomic E-state index is 15.1. The first-order valence-corrected chi connectivity index (χ1v) is 9.57. The van der Waals surface area contributed by atoms with Crippen molar-refractivity contribution in [2.24, 2.45) is 5.73 Å². The molecule has 0 radical (unpaired) electrons. The van der Waals surface area contributed by atoms with Gasteiger partial charge in [0.1, 0.15) is 29.6 Å². The molecule has 4 rings (SSSR count). The number of carbonyl (C=O) groups is 1. The van der Waals surface area contributed by atoms with Gasteiger partial charge in [0.25, 0.3) is 0 Å². The minimum absolute atomic E-state index is 0.0563. The van der Waals surface area contributed by atoms with E-state index in [-0.39, 0.29) is 24.3 Å². The standard InChI is InChI=1S/C24H19F2NO4/c25-18-5-4-16(10-22(28)29)21(11-18)31-13-17-9-20(15-3-1-2-14(8-15)12-27)24-19(23(17)26)6-7-30-24/h1-9,11H,10,12-13,27H2,(H,28,29). The molecular formula is C24H19F2NO4. The van der Waals surface area contributed by atoms with E-state index in [9.17, 15) is 9.18 Å². The third kappa shape index (κ3) is 4.27. The molecule has 3 N–H and O–H groups in total. The Balaban J connectivity index is 1.73. The number of nitrogens with two attached hydrogens (primary N) is 1. The van der Waals surface area contributed by atoms with E-state index in [2.05, 4.69) is 0 Å². The summed E-state index contributed by atoms with van der Waals surface area (Å²) >= 11 is 0. The molecule has 0 aliphatic heterocycles. The molecule has 0 saturated carbocycles. The predicted molar refractivity (Wildman–Crippen MR) is 112 cm³/mol. The lowest BCUT2D eigenvalue weighted by molar-refractivity contribution is -0.136. The lowest BCUT2D eigenvalue weighted by atomic mass is 9.98. The number of carboxylic acid groups (broad SMARTS) is 1. The molecule has 7 heteroatoms. The quantitative estimate of drug-likeness (QED) is 0.435. The molecular weight excluding hydrogens is 404 g/mol. The molecule has 0 bridgehead atoms. The molecule has 1 heterocycles. The first-order chi connectivity index (χ1) is 15.0. The van der Waals surface area contributed by atoms with Crippen LogP contribution in [0, 0.1) is 11.6 Å². The summed E-state index contributed by atoms with van der Waals surface area (Å²) in [7, 11) is 0. The van der Waals surface area contributed by atoms with Gasteiger partial charge in [0, 0.05) is 29.3 Å². The number of rotatable bonds is 7. The lowest BCUT2D eigenvalue weighted by Gasteiger charge is -2.13. The molecule has 0 aliphatic carbocycles. The third-order valence-electron chi connectivity index (χ3n) is 4.97. The Morgan fingerprint density at radius 3 is 2.68 bits per heavy atom. The molecule has 0 unspecified atom stereocenters. The van der Waals surface area contributed by atoms with Crippen LogP contribution >= 0.6 is 0 Å². The normalized spacial score (nSPS) is 11.1. The summed E-state index contributed by atoms with van der Waals surface area (Å²) in [5.74, 6) is -2.11. The van der Waals surface area contributed by atoms with Gasteiger partial charge in [-0.2, -0.15) is 0 Å². The van der Waals surface area contributed by atoms with Crippen molar-refractivity contribution in [3.05, 3.63) is 89.2 Å². The number of aliphatic carboxylic acids is 1. The minimum Gasteiger partial charge on any atom is -0.488 e. The van der Waals surface area contributed by atoms with Crippen LogP contribution in [0.25, 0.3) is 22.1 Å². The minimum atomic E-state index is -1.08. The molecule has 31 heavy (non-hydrogen) atoms. The van der Waals surface area contributed by atoms with Gasteiger partial charge in [-0.05, 0) is 35.4 Å². The van der Waals surface area contributed by atoms with E-state index >= 15 is 4.39 Å². The van der Waals surface area contributed by atoms with E-state index in [0.29, 0.717) is 28.6 Å². The highest BCUT2D eigenvalue weighted by atomic mass is 19.1. The van der Waals surface area contributed by atoms with Gasteiger partial charge in [0.15, 0.2) is 0 Å². The summed E-state index contributed by atoms with van der Waals surface area (Å²) in [6, 6.07) is 14.3. The number of halogens is 2. The number of furan rings is 1. The Morgan fingerprint density at radius 2 is 1.90 bits per heavy atom. The molecule has 3 aromatic carbocycles. The molecule has 158 valence electrons. The van der Waals surface area contributed by atoms with Gasteiger partial charge < -0.3 is 20.0 Å². The predicted octanol–water partition coefficient (Wildman–Crippen LogP) is 5.04. The van der Waals surface area contributed by atoms with E-state index in [0.717, 1.165) is 23.3 Å². The Labute approximate surface area is 176 Å². The average molecular weight is 423 g/mol. The first-order valence-electron chi connectivity index (χ1n) is 9.57. The van der Waals surface area contributed by atoms with Gasteiger partial charge in [0.2, 0.25) is 0 Å². The van der Waals surface area contributed by atoms with E-state index in [1.807, 2.05) is 24.3 Å². The Kier molecular flexibility index (Phi) is 5.68. The first kappa shape index (κ1) is 20.6. The van der Waals surface area contributed by atoms with Crippen molar-refractivity contribution in [1.82, 2.24) is 0 Å². The van der Waals surface area contributed by atoms with Crippen molar-refractivity contribution in [3.63, 3.8) is 0 Å². The summed E-state index contributed by atoms with van der Waals surface area (Å²) in [6.45, 7) is 0.144. The van der Waals surface area contributed by atoms with E-state index in [4.69, 9.17) is 20.0 Å². The Morgan fingerprint density at radius 1 is 1.06 bits per heavy atom. The maximum Gasteiger partial charge on any atom is 0.307 e. The van der Waals surface area contributed by atoms with Gasteiger partial charge in [-0.1, -0.05) is 24.3 Å². The van der Waals surface area contributed by atoms with Gasteiger partial charge in [0.05, 0.1) is 18.1 Å². The van der Waals surface area contributed by atoms with Crippen molar-refractivity contribution in [2.75, 3.05) is 0 Å². The van der Waals surface area contributed by atoms with Gasteiger partial charge in [-0.3, -0.25) is 4.79 Å². The van der Waals surface area contributed by atoms with Crippen LogP contribution in [0.5, 0.6) is 5.75 Å². The van der Waals surface area contributed by atoms with Crippen molar-refractivity contribution >= 4 is 16.9 Å². The summed E-state index contributed by atoms with van der Waals surface area (Å²) in [5, 5.41) is 9.35. The van der Waals surface area contributed by atoms with Crippen molar-refractivity contribution < 1.29 is 27.8 Å². The monoisotopic (exact) mass is 423 g/mol. The van der Waals surface area contributed by atoms with E-state index in [1.54, 1.807) is 6.07 Å². The Bertz CT molecular complexity index is 1270. The number of hydrogen-bond acceptors (Lipinski definition) is 4. The molecule has 1 aromatic heterocycles. The van der Waals surface area contributed by atoms with Crippen LogP contribution in [-0.2, 0) is 24.4 Å². The second-order valence-electron chi connectivity index (χ2n) is 7.08. The topological polar surface area (TPSA) is 85.7 Å². The molecule has 0 fully saturated rings. The van der Waals surface area contributed by atoms with Crippen LogP contribution in [0.4, 0.5) is 8.78 Å². The lowest BCUT2D eigenvalue weighted by Crippen LogP contribution is -2.06. The number of benzene rings is 3. The van der Waals surface area contributed by atoms with Crippen molar-refractivity contribution in [3.8, 4) is 16.9 Å². The highest BCUT2D eigenvalue weighted by Crippen LogP contribution is 2.34. The van der Waals surface area contributed by atoms with Crippen molar-refractivity contribution in [2.45, 2.75) is 19.6 Å². The van der Waals surface area contributed by atoms with Crippen LogP contribution in [-0.4, -0.2) is 11.1 Å². The zero-order valence-corrected chi connectivity index (χ0v) is 16.4. The fourth-order valence-electron chi connectivity index (χ4n) is 3.48. The van der Waals surface area contributed by atoms with Gasteiger partial charge >= 0.3 is 5.97 Å². The molecule has 0 atom stereocenters. The van der Waals surface area contributed by atoms with E-state index < -0.39 is 17.6 Å². The second kappa shape index (κ2) is 8.57. The largest absolute Gasteiger partial charge is 0.488 e. The maximum atomic E-state index is 15.1. The summed E-state index contributed by atoms with van der Waals surface area (Å²) < 4.78 is 40.0. The molecule has 0 amide bonds. The van der Waals surface area contributed by atoms with Gasteiger partial charge in [-0.25, -0.2) is 8.78 Å². The highest BCUT2D eigenvalue weighted by molar-refractivity contribution is 5.93. The fraction of sp³-hybridized carbons (Fsp3) is 0.125. The summed E-state index contributed by atoms with van der Waals surface area (Å²) in [5.41, 5.74) is 9.05. The van der Waals surface area contributed by atoms with Crippen LogP contribution < -0.4 is 10.5 Å². The number of fused-ring (bicyclic) bond motifs is 1. The number of hydrogen-bond donors (Lipinski definition) is 2. The third-order valence-corrected chi connectivity index (χ3v) is 4.97. The molecule has 0 aliphatic rings. The smallest absolute Gasteiger partial charge is 0.307 e. The SMILES string of the molecule is NCc1cccc(-c2cc(COc3cc(F)ccc3CC(=O)O)c(F)c3ccoc23)c1. The van der Waals surface area contributed by atoms with Gasteiger partial charge in [-0.15, -0.1) is 0 Å². The molecule has 5 nitrogen and oxygen atoms in total. The summed E-state index contributed by atoms with van der Waals surface area (Å²) in [6.07, 6.45) is 1.07. The molecule has 0 saturated heterocycles. The second-order valence-corrected chi connectivity index (χ2v) is 7.08. The zero-order chi connectivity index (χ0) is 22.0. The molecule has 0 spiro atoms. The van der Waals surface area contributed by atoms with E-state index in [1.165, 1.54) is 18.4 Å². The fourth-order valence-corrected chi connectivity index (χ4v) is 3.48. The van der Waals surface area contributed by atoms with Crippen LogP contribution in [0.15, 0.2) is 65.3 Å². The summed E-state index contributed by atoms with van der Waals surface area (Å²) in [4.78, 5) is 11.1.